The fraction of sp³-hybridized carbons (Fsp3) is 0.409. The fourth-order valence-electron chi connectivity index (χ4n) is 2.78. The summed E-state index contributed by atoms with van der Waals surface area (Å²) in [4.78, 5) is 17.2. The van der Waals surface area contributed by atoms with E-state index < -0.39 is 0 Å². The number of benzene rings is 1. The average molecular weight is 397 g/mol. The Balaban J connectivity index is 1.78. The molecule has 0 saturated carbocycles. The SMILES string of the molecule is CC(C)c1nc(CC(=O)Nc2cc(C(C)(C)C)nn2Cc2ccccc2)cs1. The van der Waals surface area contributed by atoms with Crippen molar-refractivity contribution >= 4 is 23.1 Å². The van der Waals surface area contributed by atoms with E-state index in [4.69, 9.17) is 5.10 Å². The zero-order valence-corrected chi connectivity index (χ0v) is 18.0. The molecule has 3 aromatic rings. The summed E-state index contributed by atoms with van der Waals surface area (Å²) in [5.74, 6) is 1.02. The number of nitrogens with zero attached hydrogens (tertiary/aromatic N) is 3. The van der Waals surface area contributed by atoms with Crippen molar-refractivity contribution in [1.29, 1.82) is 0 Å². The van der Waals surface area contributed by atoms with Gasteiger partial charge in [0.15, 0.2) is 0 Å². The number of amides is 1. The third-order valence-corrected chi connectivity index (χ3v) is 5.59. The third-order valence-electron chi connectivity index (χ3n) is 4.40. The maximum absolute atomic E-state index is 12.6. The van der Waals surface area contributed by atoms with Crippen molar-refractivity contribution in [3.63, 3.8) is 0 Å². The summed E-state index contributed by atoms with van der Waals surface area (Å²) < 4.78 is 1.87. The fourth-order valence-corrected chi connectivity index (χ4v) is 3.62. The Labute approximate surface area is 170 Å². The van der Waals surface area contributed by atoms with Gasteiger partial charge in [-0.2, -0.15) is 5.10 Å². The van der Waals surface area contributed by atoms with Gasteiger partial charge in [-0.1, -0.05) is 65.0 Å². The molecule has 2 aromatic heterocycles. The molecule has 0 spiro atoms. The number of aromatic nitrogens is 3. The van der Waals surface area contributed by atoms with Gasteiger partial charge in [-0.25, -0.2) is 9.67 Å². The lowest BCUT2D eigenvalue weighted by atomic mass is 9.92. The van der Waals surface area contributed by atoms with E-state index in [1.807, 2.05) is 34.3 Å². The molecule has 0 fully saturated rings. The quantitative estimate of drug-likeness (QED) is 0.638. The van der Waals surface area contributed by atoms with Gasteiger partial charge in [0.2, 0.25) is 5.91 Å². The van der Waals surface area contributed by atoms with E-state index in [2.05, 4.69) is 57.1 Å². The van der Waals surface area contributed by atoms with Crippen LogP contribution in [0, 0.1) is 0 Å². The number of thiazole rings is 1. The molecule has 0 bridgehead atoms. The minimum absolute atomic E-state index is 0.0738. The van der Waals surface area contributed by atoms with Crippen molar-refractivity contribution in [2.24, 2.45) is 0 Å². The van der Waals surface area contributed by atoms with Crippen LogP contribution in [0.3, 0.4) is 0 Å². The van der Waals surface area contributed by atoms with E-state index in [0.717, 1.165) is 27.8 Å². The largest absolute Gasteiger partial charge is 0.311 e. The molecule has 0 aliphatic heterocycles. The van der Waals surface area contributed by atoms with E-state index in [-0.39, 0.29) is 17.7 Å². The average Bonchev–Trinajstić information content (AvgIpc) is 3.23. The van der Waals surface area contributed by atoms with E-state index in [0.29, 0.717) is 12.5 Å². The van der Waals surface area contributed by atoms with Gasteiger partial charge in [0.25, 0.3) is 0 Å². The van der Waals surface area contributed by atoms with Gasteiger partial charge in [0.05, 0.1) is 29.4 Å². The normalized spacial score (nSPS) is 11.8. The Hall–Kier alpha value is -2.47. The minimum atomic E-state index is -0.0947. The number of carbonyl (C=O) groups excluding carboxylic acids is 1. The highest BCUT2D eigenvalue weighted by Crippen LogP contribution is 2.25. The predicted octanol–water partition coefficient (Wildman–Crippen LogP) is 4.99. The molecular weight excluding hydrogens is 368 g/mol. The Morgan fingerprint density at radius 2 is 1.93 bits per heavy atom. The number of nitrogens with one attached hydrogen (secondary N) is 1. The summed E-state index contributed by atoms with van der Waals surface area (Å²) >= 11 is 1.61. The zero-order valence-electron chi connectivity index (χ0n) is 17.2. The van der Waals surface area contributed by atoms with Crippen molar-refractivity contribution < 1.29 is 4.79 Å². The summed E-state index contributed by atoms with van der Waals surface area (Å²) in [5, 5.41) is 10.8. The monoisotopic (exact) mass is 396 g/mol. The molecule has 148 valence electrons. The van der Waals surface area contributed by atoms with Crippen LogP contribution in [0.5, 0.6) is 0 Å². The van der Waals surface area contributed by atoms with Crippen LogP contribution in [-0.4, -0.2) is 20.7 Å². The van der Waals surface area contributed by atoms with Gasteiger partial charge in [-0.05, 0) is 5.56 Å². The van der Waals surface area contributed by atoms with Crippen LogP contribution in [-0.2, 0) is 23.2 Å². The second-order valence-corrected chi connectivity index (χ2v) is 9.25. The first-order valence-electron chi connectivity index (χ1n) is 9.59. The predicted molar refractivity (Wildman–Crippen MR) is 115 cm³/mol. The molecule has 1 aromatic carbocycles. The molecule has 28 heavy (non-hydrogen) atoms. The van der Waals surface area contributed by atoms with Crippen LogP contribution >= 0.6 is 11.3 Å². The first kappa shape index (κ1) is 20.3. The molecule has 5 nitrogen and oxygen atoms in total. The standard InChI is InChI=1S/C22H28N4OS/c1-15(2)21-23-17(14-28-21)11-20(27)24-19-12-18(22(3,4)5)25-26(19)13-16-9-7-6-8-10-16/h6-10,12,14-15H,11,13H2,1-5H3,(H,24,27). The van der Waals surface area contributed by atoms with Gasteiger partial charge in [-0.3, -0.25) is 4.79 Å². The number of anilines is 1. The van der Waals surface area contributed by atoms with Gasteiger partial charge < -0.3 is 5.32 Å². The van der Waals surface area contributed by atoms with Gasteiger partial charge >= 0.3 is 0 Å². The first-order valence-corrected chi connectivity index (χ1v) is 10.5. The van der Waals surface area contributed by atoms with Gasteiger partial charge in [0, 0.05) is 22.8 Å². The molecule has 0 radical (unpaired) electrons. The van der Waals surface area contributed by atoms with Crippen LogP contribution < -0.4 is 5.32 Å². The lowest BCUT2D eigenvalue weighted by Crippen LogP contribution is -2.18. The van der Waals surface area contributed by atoms with Crippen molar-refractivity contribution in [2.45, 2.75) is 58.9 Å². The molecule has 0 saturated heterocycles. The first-order chi connectivity index (χ1) is 13.2. The molecule has 0 aliphatic rings. The van der Waals surface area contributed by atoms with Crippen molar-refractivity contribution in [1.82, 2.24) is 14.8 Å². The Bertz CT molecular complexity index is 935. The van der Waals surface area contributed by atoms with Crippen molar-refractivity contribution in [3.8, 4) is 0 Å². The number of hydrogen-bond donors (Lipinski definition) is 1. The zero-order chi connectivity index (χ0) is 20.3. The molecular formula is C22H28N4OS. The molecule has 2 heterocycles. The Morgan fingerprint density at radius 1 is 1.21 bits per heavy atom. The topological polar surface area (TPSA) is 59.8 Å². The number of carbonyl (C=O) groups is 1. The van der Waals surface area contributed by atoms with E-state index >= 15 is 0 Å². The lowest BCUT2D eigenvalue weighted by molar-refractivity contribution is -0.115. The van der Waals surface area contributed by atoms with Gasteiger partial charge in [0.1, 0.15) is 5.82 Å². The third kappa shape index (κ3) is 5.07. The summed E-state index contributed by atoms with van der Waals surface area (Å²) in [6.45, 7) is 11.2. The lowest BCUT2D eigenvalue weighted by Gasteiger charge is -2.14. The molecule has 0 unspecified atom stereocenters. The maximum Gasteiger partial charge on any atom is 0.231 e. The summed E-state index contributed by atoms with van der Waals surface area (Å²) in [6, 6.07) is 12.1. The number of rotatable bonds is 6. The van der Waals surface area contributed by atoms with Crippen LogP contribution in [0.15, 0.2) is 41.8 Å². The second-order valence-electron chi connectivity index (χ2n) is 8.36. The Kier molecular flexibility index (Phi) is 5.98. The van der Waals surface area contributed by atoms with E-state index in [1.54, 1.807) is 11.3 Å². The van der Waals surface area contributed by atoms with Crippen molar-refractivity contribution in [3.05, 3.63) is 63.7 Å². The number of hydrogen-bond acceptors (Lipinski definition) is 4. The van der Waals surface area contributed by atoms with Crippen LogP contribution in [0.1, 0.15) is 62.5 Å². The highest BCUT2D eigenvalue weighted by Gasteiger charge is 2.21. The molecule has 0 atom stereocenters. The molecule has 0 aliphatic carbocycles. The van der Waals surface area contributed by atoms with Crippen LogP contribution in [0.25, 0.3) is 0 Å². The molecule has 1 N–H and O–H groups in total. The molecule has 3 rings (SSSR count). The maximum atomic E-state index is 12.6. The van der Waals surface area contributed by atoms with Crippen LogP contribution in [0.2, 0.25) is 0 Å². The summed E-state index contributed by atoms with van der Waals surface area (Å²) in [5.41, 5.74) is 2.82. The van der Waals surface area contributed by atoms with Gasteiger partial charge in [-0.15, -0.1) is 11.3 Å². The Morgan fingerprint density at radius 3 is 2.54 bits per heavy atom. The second kappa shape index (κ2) is 8.27. The highest BCUT2D eigenvalue weighted by atomic mass is 32.1. The van der Waals surface area contributed by atoms with E-state index in [1.165, 1.54) is 0 Å². The molecule has 6 heteroatoms. The van der Waals surface area contributed by atoms with Crippen molar-refractivity contribution in [2.75, 3.05) is 5.32 Å². The highest BCUT2D eigenvalue weighted by molar-refractivity contribution is 7.09. The summed E-state index contributed by atoms with van der Waals surface area (Å²) in [7, 11) is 0. The van der Waals surface area contributed by atoms with Crippen LogP contribution in [0.4, 0.5) is 5.82 Å². The minimum Gasteiger partial charge on any atom is -0.311 e. The molecule has 1 amide bonds. The van der Waals surface area contributed by atoms with E-state index in [9.17, 15) is 4.79 Å². The summed E-state index contributed by atoms with van der Waals surface area (Å²) in [6.07, 6.45) is 0.268. The smallest absolute Gasteiger partial charge is 0.231 e.